The third-order valence-corrected chi connectivity index (χ3v) is 3.06. The van der Waals surface area contributed by atoms with Crippen LogP contribution in [0.4, 0.5) is 8.78 Å². The summed E-state index contributed by atoms with van der Waals surface area (Å²) in [6.45, 7) is 1.53. The highest BCUT2D eigenvalue weighted by Gasteiger charge is 2.31. The Labute approximate surface area is 109 Å². The number of piperazine rings is 1. The summed E-state index contributed by atoms with van der Waals surface area (Å²) in [4.78, 5) is 24.7. The van der Waals surface area contributed by atoms with Gasteiger partial charge in [0, 0.05) is 12.1 Å². The first-order valence-corrected chi connectivity index (χ1v) is 6.03. The summed E-state index contributed by atoms with van der Waals surface area (Å²) in [6, 6.07) is 2.48. The molecule has 0 radical (unpaired) electrons. The van der Waals surface area contributed by atoms with Gasteiger partial charge in [0.25, 0.3) is 0 Å². The van der Waals surface area contributed by atoms with Crippen molar-refractivity contribution >= 4 is 11.8 Å². The minimum Gasteiger partial charge on any atom is -0.343 e. The monoisotopic (exact) mass is 268 g/mol. The van der Waals surface area contributed by atoms with Crippen LogP contribution in [0.15, 0.2) is 18.2 Å². The van der Waals surface area contributed by atoms with E-state index in [1.807, 2.05) is 0 Å². The van der Waals surface area contributed by atoms with Crippen LogP contribution in [-0.2, 0) is 16.1 Å². The Morgan fingerprint density at radius 1 is 1.37 bits per heavy atom. The second-order valence-electron chi connectivity index (χ2n) is 4.46. The van der Waals surface area contributed by atoms with E-state index in [2.05, 4.69) is 5.32 Å². The predicted octanol–water partition coefficient (Wildman–Crippen LogP) is 1.20. The zero-order valence-electron chi connectivity index (χ0n) is 10.5. The molecule has 2 amide bonds. The van der Waals surface area contributed by atoms with E-state index >= 15 is 0 Å². The van der Waals surface area contributed by atoms with Crippen molar-refractivity contribution in [3.63, 3.8) is 0 Å². The summed E-state index contributed by atoms with van der Waals surface area (Å²) in [5.74, 6) is -1.72. The lowest BCUT2D eigenvalue weighted by molar-refractivity contribution is -0.144. The highest BCUT2D eigenvalue weighted by molar-refractivity contribution is 5.94. The van der Waals surface area contributed by atoms with Gasteiger partial charge >= 0.3 is 0 Å². The summed E-state index contributed by atoms with van der Waals surface area (Å²) in [6.07, 6.45) is 0.465. The summed E-state index contributed by atoms with van der Waals surface area (Å²) in [5.41, 5.74) is 0.0675. The van der Waals surface area contributed by atoms with Crippen molar-refractivity contribution in [3.8, 4) is 0 Å². The van der Waals surface area contributed by atoms with E-state index in [0.29, 0.717) is 6.42 Å². The SMILES string of the molecule is CCC1NC(=O)CN(Cc2cc(F)ccc2F)C1=O. The van der Waals surface area contributed by atoms with E-state index in [4.69, 9.17) is 0 Å². The average Bonchev–Trinajstić information content (AvgIpc) is 2.37. The molecule has 1 aromatic rings. The van der Waals surface area contributed by atoms with Crippen LogP contribution in [0.2, 0.25) is 0 Å². The highest BCUT2D eigenvalue weighted by Crippen LogP contribution is 2.15. The van der Waals surface area contributed by atoms with Crippen LogP contribution in [0.3, 0.4) is 0 Å². The molecule has 0 aromatic heterocycles. The van der Waals surface area contributed by atoms with E-state index in [1.54, 1.807) is 6.92 Å². The summed E-state index contributed by atoms with van der Waals surface area (Å²) < 4.78 is 26.6. The van der Waals surface area contributed by atoms with Gasteiger partial charge in [0.15, 0.2) is 0 Å². The van der Waals surface area contributed by atoms with Gasteiger partial charge in [0.2, 0.25) is 11.8 Å². The van der Waals surface area contributed by atoms with Gasteiger partial charge in [-0.15, -0.1) is 0 Å². The number of hydrogen-bond acceptors (Lipinski definition) is 2. The Morgan fingerprint density at radius 3 is 2.79 bits per heavy atom. The van der Waals surface area contributed by atoms with Gasteiger partial charge in [0.05, 0.1) is 6.54 Å². The molecule has 0 saturated carbocycles. The summed E-state index contributed by atoms with van der Waals surface area (Å²) in [7, 11) is 0. The lowest BCUT2D eigenvalue weighted by Crippen LogP contribution is -2.57. The third kappa shape index (κ3) is 2.89. The molecule has 1 fully saturated rings. The largest absolute Gasteiger partial charge is 0.343 e. The maximum absolute atomic E-state index is 13.5. The van der Waals surface area contributed by atoms with Gasteiger partial charge in [-0.2, -0.15) is 0 Å². The zero-order chi connectivity index (χ0) is 14.0. The van der Waals surface area contributed by atoms with Crippen LogP contribution in [0.5, 0.6) is 0 Å². The molecule has 1 aliphatic rings. The number of amides is 2. The Hall–Kier alpha value is -1.98. The normalized spacial score (nSPS) is 19.5. The maximum Gasteiger partial charge on any atom is 0.245 e. The van der Waals surface area contributed by atoms with Crippen LogP contribution >= 0.6 is 0 Å². The Kier molecular flexibility index (Phi) is 3.78. The van der Waals surface area contributed by atoms with E-state index in [0.717, 1.165) is 18.2 Å². The molecule has 1 heterocycles. The van der Waals surface area contributed by atoms with Gasteiger partial charge in [0.1, 0.15) is 17.7 Å². The minimum atomic E-state index is -0.590. The topological polar surface area (TPSA) is 49.4 Å². The summed E-state index contributed by atoms with van der Waals surface area (Å²) in [5, 5.41) is 2.56. The fraction of sp³-hybridized carbons (Fsp3) is 0.385. The molecule has 2 rings (SSSR count). The van der Waals surface area contributed by atoms with E-state index in [9.17, 15) is 18.4 Å². The van der Waals surface area contributed by atoms with Crippen molar-refractivity contribution in [2.45, 2.75) is 25.9 Å². The second-order valence-corrected chi connectivity index (χ2v) is 4.46. The molecule has 102 valence electrons. The van der Waals surface area contributed by atoms with Crippen molar-refractivity contribution in [3.05, 3.63) is 35.4 Å². The zero-order valence-corrected chi connectivity index (χ0v) is 10.5. The number of carbonyl (C=O) groups is 2. The average molecular weight is 268 g/mol. The first-order chi connectivity index (χ1) is 9.01. The molecular formula is C13H14F2N2O2. The lowest BCUT2D eigenvalue weighted by atomic mass is 10.1. The number of nitrogens with one attached hydrogen (secondary N) is 1. The molecule has 4 nitrogen and oxygen atoms in total. The molecule has 1 aliphatic heterocycles. The van der Waals surface area contributed by atoms with Crippen LogP contribution in [0, 0.1) is 11.6 Å². The lowest BCUT2D eigenvalue weighted by Gasteiger charge is -2.32. The van der Waals surface area contributed by atoms with Crippen molar-refractivity contribution in [1.29, 1.82) is 0 Å². The van der Waals surface area contributed by atoms with Gasteiger partial charge < -0.3 is 10.2 Å². The van der Waals surface area contributed by atoms with E-state index < -0.39 is 17.7 Å². The van der Waals surface area contributed by atoms with Crippen LogP contribution in [0.25, 0.3) is 0 Å². The molecule has 0 spiro atoms. The van der Waals surface area contributed by atoms with Gasteiger partial charge in [-0.3, -0.25) is 9.59 Å². The summed E-state index contributed by atoms with van der Waals surface area (Å²) >= 11 is 0. The molecule has 1 saturated heterocycles. The van der Waals surface area contributed by atoms with Gasteiger partial charge in [-0.05, 0) is 24.6 Å². The van der Waals surface area contributed by atoms with Crippen molar-refractivity contribution in [2.24, 2.45) is 0 Å². The number of nitrogens with zero attached hydrogens (tertiary/aromatic N) is 1. The smallest absolute Gasteiger partial charge is 0.245 e. The molecule has 1 aromatic carbocycles. The fourth-order valence-electron chi connectivity index (χ4n) is 2.05. The van der Waals surface area contributed by atoms with Crippen molar-refractivity contribution < 1.29 is 18.4 Å². The molecule has 19 heavy (non-hydrogen) atoms. The molecule has 1 unspecified atom stereocenters. The van der Waals surface area contributed by atoms with Crippen molar-refractivity contribution in [1.82, 2.24) is 10.2 Å². The van der Waals surface area contributed by atoms with E-state index in [-0.39, 0.29) is 30.5 Å². The minimum absolute atomic E-state index is 0.0675. The Morgan fingerprint density at radius 2 is 2.11 bits per heavy atom. The standard InChI is InChI=1S/C13H14F2N2O2/c1-2-11-13(19)17(7-12(18)16-11)6-8-5-9(14)3-4-10(8)15/h3-5,11H,2,6-7H2,1H3,(H,16,18). The van der Waals surface area contributed by atoms with E-state index in [1.165, 1.54) is 4.90 Å². The van der Waals surface area contributed by atoms with Crippen molar-refractivity contribution in [2.75, 3.05) is 6.54 Å². The number of benzene rings is 1. The molecule has 1 N–H and O–H groups in total. The molecule has 0 bridgehead atoms. The highest BCUT2D eigenvalue weighted by atomic mass is 19.1. The number of halogens is 2. The molecule has 0 aliphatic carbocycles. The number of rotatable bonds is 3. The van der Waals surface area contributed by atoms with Gasteiger partial charge in [-0.1, -0.05) is 6.92 Å². The van der Waals surface area contributed by atoms with Crippen LogP contribution in [0.1, 0.15) is 18.9 Å². The third-order valence-electron chi connectivity index (χ3n) is 3.06. The maximum atomic E-state index is 13.5. The predicted molar refractivity (Wildman–Crippen MR) is 64.0 cm³/mol. The Balaban J connectivity index is 2.19. The number of hydrogen-bond donors (Lipinski definition) is 1. The quantitative estimate of drug-likeness (QED) is 0.895. The molecular weight excluding hydrogens is 254 g/mol. The molecule has 1 atom stereocenters. The van der Waals surface area contributed by atoms with Crippen LogP contribution in [-0.4, -0.2) is 29.3 Å². The fourth-order valence-corrected chi connectivity index (χ4v) is 2.05. The first kappa shape index (κ1) is 13.5. The number of carbonyl (C=O) groups excluding carboxylic acids is 2. The Bertz CT molecular complexity index is 519. The van der Waals surface area contributed by atoms with Gasteiger partial charge in [-0.25, -0.2) is 8.78 Å². The first-order valence-electron chi connectivity index (χ1n) is 6.03. The second kappa shape index (κ2) is 5.34. The molecule has 6 heteroatoms. The van der Waals surface area contributed by atoms with Crippen LogP contribution < -0.4 is 5.32 Å².